The predicted octanol–water partition coefficient (Wildman–Crippen LogP) is 2.91. The van der Waals surface area contributed by atoms with E-state index in [9.17, 15) is 9.59 Å². The molecule has 1 unspecified atom stereocenters. The number of thioether (sulfide) groups is 1. The van der Waals surface area contributed by atoms with Gasteiger partial charge in [0.2, 0.25) is 5.91 Å². The van der Waals surface area contributed by atoms with Crippen LogP contribution in [0.5, 0.6) is 0 Å². The molecule has 3 rings (SSSR count). The molecule has 0 saturated carbocycles. The molecule has 0 radical (unpaired) electrons. The summed E-state index contributed by atoms with van der Waals surface area (Å²) in [5.41, 5.74) is 7.00. The molecule has 1 atom stereocenters. The Balaban J connectivity index is 1.47. The van der Waals surface area contributed by atoms with Gasteiger partial charge in [0.05, 0.1) is 22.0 Å². The quantitative estimate of drug-likeness (QED) is 0.475. The van der Waals surface area contributed by atoms with Gasteiger partial charge >= 0.3 is 0 Å². The molecule has 25 heavy (non-hydrogen) atoms. The minimum Gasteiger partial charge on any atom is -0.356 e. The van der Waals surface area contributed by atoms with E-state index < -0.39 is 5.91 Å². The smallest absolute Gasteiger partial charge is 0.286 e. The van der Waals surface area contributed by atoms with Crippen LogP contribution in [0.25, 0.3) is 11.0 Å². The molecule has 0 bridgehead atoms. The summed E-state index contributed by atoms with van der Waals surface area (Å²) in [6, 6.07) is 9.41. The number of amides is 2. The normalized spacial score (nSPS) is 12.1. The highest BCUT2D eigenvalue weighted by molar-refractivity contribution is 9.10. The van der Waals surface area contributed by atoms with Crippen molar-refractivity contribution in [3.8, 4) is 0 Å². The molecule has 0 saturated heterocycles. The molecule has 0 aliphatic carbocycles. The maximum Gasteiger partial charge on any atom is 0.286 e. The number of aromatic nitrogens is 3. The molecule has 7 nitrogen and oxygen atoms in total. The van der Waals surface area contributed by atoms with Crippen molar-refractivity contribution in [3.63, 3.8) is 0 Å². The minimum atomic E-state index is -0.408. The fourth-order valence-corrected chi connectivity index (χ4v) is 3.26. The van der Waals surface area contributed by atoms with Crippen molar-refractivity contribution in [2.45, 2.75) is 12.2 Å². The molecule has 2 heterocycles. The van der Waals surface area contributed by atoms with E-state index in [1.54, 1.807) is 12.3 Å². The fourth-order valence-electron chi connectivity index (χ4n) is 2.17. The number of hydrazine groups is 1. The number of imidazole rings is 1. The lowest BCUT2D eigenvalue weighted by Crippen LogP contribution is -2.42. The Morgan fingerprint density at radius 1 is 1.32 bits per heavy atom. The van der Waals surface area contributed by atoms with Crippen LogP contribution in [0.1, 0.15) is 28.5 Å². The van der Waals surface area contributed by atoms with Gasteiger partial charge in [-0.1, -0.05) is 12.1 Å². The lowest BCUT2D eigenvalue weighted by atomic mass is 10.3. The third kappa shape index (κ3) is 4.43. The number of H-pyrrole nitrogens is 2. The number of hydrogen-bond acceptors (Lipinski definition) is 4. The van der Waals surface area contributed by atoms with E-state index in [1.807, 2.05) is 31.2 Å². The number of nitrogens with zero attached hydrogens (tertiary/aromatic N) is 1. The Kier molecular flexibility index (Phi) is 5.44. The zero-order chi connectivity index (χ0) is 17.8. The van der Waals surface area contributed by atoms with Crippen LogP contribution >= 0.6 is 27.7 Å². The summed E-state index contributed by atoms with van der Waals surface area (Å²) in [6.45, 7) is 1.98. The number of hydrogen-bond donors (Lipinski definition) is 4. The van der Waals surface area contributed by atoms with Gasteiger partial charge in [-0.25, -0.2) is 4.98 Å². The summed E-state index contributed by atoms with van der Waals surface area (Å²) in [5.74, 6) is 0.327. The zero-order valence-corrected chi connectivity index (χ0v) is 15.7. The summed E-state index contributed by atoms with van der Waals surface area (Å²) >= 11 is 4.68. The maximum atomic E-state index is 11.9. The molecule has 1 aromatic carbocycles. The van der Waals surface area contributed by atoms with Gasteiger partial charge < -0.3 is 9.97 Å². The van der Waals surface area contributed by atoms with Crippen molar-refractivity contribution >= 4 is 50.5 Å². The maximum absolute atomic E-state index is 11.9. The zero-order valence-electron chi connectivity index (χ0n) is 13.3. The summed E-state index contributed by atoms with van der Waals surface area (Å²) in [4.78, 5) is 34.3. The molecule has 3 aromatic rings. The van der Waals surface area contributed by atoms with Gasteiger partial charge in [-0.2, -0.15) is 0 Å². The standard InChI is InChI=1S/C16H16BrN5O2S/c1-9(15-19-11-4-2-3-5-12(11)20-15)25-8-14(23)21-22-16(24)13-6-10(17)7-18-13/h2-7,9,18H,8H2,1H3,(H,19,20)(H,21,23)(H,22,24). The van der Waals surface area contributed by atoms with Crippen LogP contribution < -0.4 is 10.9 Å². The van der Waals surface area contributed by atoms with E-state index >= 15 is 0 Å². The van der Waals surface area contributed by atoms with Gasteiger partial charge in [0.15, 0.2) is 0 Å². The highest BCUT2D eigenvalue weighted by Gasteiger charge is 2.14. The molecule has 0 aliphatic rings. The number of para-hydroxylation sites is 2. The Morgan fingerprint density at radius 3 is 2.84 bits per heavy atom. The summed E-state index contributed by atoms with van der Waals surface area (Å²) in [7, 11) is 0. The average molecular weight is 422 g/mol. The van der Waals surface area contributed by atoms with Crippen LogP contribution in [0, 0.1) is 0 Å². The number of carbonyl (C=O) groups excluding carboxylic acids is 2. The third-order valence-corrected chi connectivity index (χ3v) is 5.08. The molecule has 0 fully saturated rings. The first-order valence-corrected chi connectivity index (χ1v) is 9.36. The van der Waals surface area contributed by atoms with E-state index in [2.05, 4.69) is 41.7 Å². The molecule has 4 N–H and O–H groups in total. The van der Waals surface area contributed by atoms with Crippen LogP contribution in [0.3, 0.4) is 0 Å². The second-order valence-electron chi connectivity index (χ2n) is 5.33. The van der Waals surface area contributed by atoms with Gasteiger partial charge in [-0.15, -0.1) is 11.8 Å². The number of fused-ring (bicyclic) bond motifs is 1. The van der Waals surface area contributed by atoms with Crippen molar-refractivity contribution in [1.29, 1.82) is 0 Å². The minimum absolute atomic E-state index is 0.0215. The second-order valence-corrected chi connectivity index (χ2v) is 7.57. The van der Waals surface area contributed by atoms with E-state index in [1.165, 1.54) is 11.8 Å². The van der Waals surface area contributed by atoms with E-state index in [0.717, 1.165) is 21.3 Å². The van der Waals surface area contributed by atoms with Gasteiger partial charge in [0.1, 0.15) is 11.5 Å². The van der Waals surface area contributed by atoms with Crippen LogP contribution in [0.15, 0.2) is 41.0 Å². The number of rotatable bonds is 5. The highest BCUT2D eigenvalue weighted by atomic mass is 79.9. The summed E-state index contributed by atoms with van der Waals surface area (Å²) < 4.78 is 0.763. The molecular formula is C16H16BrN5O2S. The van der Waals surface area contributed by atoms with E-state index in [4.69, 9.17) is 0 Å². The topological polar surface area (TPSA) is 103 Å². The van der Waals surface area contributed by atoms with Gasteiger partial charge in [0.25, 0.3) is 5.91 Å². The van der Waals surface area contributed by atoms with Gasteiger partial charge in [-0.05, 0) is 41.1 Å². The van der Waals surface area contributed by atoms with Crippen molar-refractivity contribution in [2.24, 2.45) is 0 Å². The predicted molar refractivity (Wildman–Crippen MR) is 101 cm³/mol. The second kappa shape index (κ2) is 7.75. The van der Waals surface area contributed by atoms with Crippen LogP contribution in [0.2, 0.25) is 0 Å². The molecular weight excluding hydrogens is 406 g/mol. The van der Waals surface area contributed by atoms with E-state index in [0.29, 0.717) is 5.69 Å². The first kappa shape index (κ1) is 17.6. The number of nitrogens with one attached hydrogen (secondary N) is 4. The highest BCUT2D eigenvalue weighted by Crippen LogP contribution is 2.27. The lowest BCUT2D eigenvalue weighted by molar-refractivity contribution is -0.119. The molecule has 2 aromatic heterocycles. The van der Waals surface area contributed by atoms with Crippen LogP contribution in [0.4, 0.5) is 0 Å². The number of benzene rings is 1. The first-order valence-electron chi connectivity index (χ1n) is 7.52. The van der Waals surface area contributed by atoms with Crippen molar-refractivity contribution in [2.75, 3.05) is 5.75 Å². The number of halogens is 1. The lowest BCUT2D eigenvalue weighted by Gasteiger charge is -2.09. The van der Waals surface area contributed by atoms with Crippen molar-refractivity contribution in [3.05, 3.63) is 52.5 Å². The van der Waals surface area contributed by atoms with Gasteiger partial charge in [0, 0.05) is 10.7 Å². The Bertz CT molecular complexity index is 874. The van der Waals surface area contributed by atoms with Crippen LogP contribution in [-0.4, -0.2) is 32.5 Å². The van der Waals surface area contributed by atoms with Gasteiger partial charge in [-0.3, -0.25) is 20.4 Å². The fraction of sp³-hybridized carbons (Fsp3) is 0.188. The Morgan fingerprint density at radius 2 is 2.12 bits per heavy atom. The first-order chi connectivity index (χ1) is 12.0. The van der Waals surface area contributed by atoms with Crippen molar-refractivity contribution in [1.82, 2.24) is 25.8 Å². The van der Waals surface area contributed by atoms with Crippen LogP contribution in [-0.2, 0) is 4.79 Å². The largest absolute Gasteiger partial charge is 0.356 e. The Hall–Kier alpha value is -2.26. The average Bonchev–Trinajstić information content (AvgIpc) is 3.23. The Labute approximate surface area is 156 Å². The molecule has 9 heteroatoms. The summed E-state index contributed by atoms with van der Waals surface area (Å²) in [6.07, 6.45) is 1.64. The molecule has 0 spiro atoms. The van der Waals surface area contributed by atoms with E-state index in [-0.39, 0.29) is 16.9 Å². The monoisotopic (exact) mass is 421 g/mol. The molecule has 130 valence electrons. The molecule has 0 aliphatic heterocycles. The SMILES string of the molecule is CC(SCC(=O)NNC(=O)c1cc(Br)c[nH]1)c1nc2ccccc2[nH]1. The third-order valence-electron chi connectivity index (χ3n) is 3.47. The number of carbonyl (C=O) groups is 2. The van der Waals surface area contributed by atoms with Crippen molar-refractivity contribution < 1.29 is 9.59 Å². The molecule has 2 amide bonds. The summed E-state index contributed by atoms with van der Waals surface area (Å²) in [5, 5.41) is 0.0215. The number of aromatic amines is 2.